The average molecular weight is 293 g/mol. The molecule has 1 aliphatic heterocycles. The van der Waals surface area contributed by atoms with E-state index in [9.17, 15) is 9.59 Å². The van der Waals surface area contributed by atoms with E-state index < -0.39 is 5.97 Å². The summed E-state index contributed by atoms with van der Waals surface area (Å²) in [7, 11) is 1.72. The first-order chi connectivity index (χ1) is 10.1. The Kier molecular flexibility index (Phi) is 5.10. The maximum absolute atomic E-state index is 12.1. The minimum absolute atomic E-state index is 0.0416. The zero-order valence-corrected chi connectivity index (χ0v) is 11.9. The van der Waals surface area contributed by atoms with Gasteiger partial charge < -0.3 is 20.1 Å². The smallest absolute Gasteiger partial charge is 0.337 e. The van der Waals surface area contributed by atoms with Gasteiger partial charge in [0.1, 0.15) is 0 Å². The van der Waals surface area contributed by atoms with Crippen LogP contribution in [0.2, 0.25) is 0 Å². The van der Waals surface area contributed by atoms with Crippen LogP contribution in [0.4, 0.5) is 10.5 Å². The van der Waals surface area contributed by atoms with E-state index >= 15 is 0 Å². The van der Waals surface area contributed by atoms with Gasteiger partial charge in [0.2, 0.25) is 0 Å². The average Bonchev–Trinajstić information content (AvgIpc) is 2.48. The Morgan fingerprint density at radius 2 is 2.14 bits per heavy atom. The van der Waals surface area contributed by atoms with Gasteiger partial charge in [0.25, 0.3) is 0 Å². The number of amides is 2. The fourth-order valence-electron chi connectivity index (χ4n) is 2.24. The number of nitrogens with zero attached hydrogens (tertiary/aromatic N) is 2. The second-order valence-electron chi connectivity index (χ2n) is 5.13. The molecule has 7 nitrogen and oxygen atoms in total. The topological polar surface area (TPSA) is 91.8 Å². The first kappa shape index (κ1) is 15.2. The number of carbonyl (C=O) groups is 2. The number of urea groups is 1. The van der Waals surface area contributed by atoms with Crippen LogP contribution in [0.3, 0.4) is 0 Å². The number of aromatic nitrogens is 1. The summed E-state index contributed by atoms with van der Waals surface area (Å²) in [5.74, 6) is -0.632. The standard InChI is InChI=1S/C14H19N3O4/c1-17(9-10-2-4-21-5-3-10)14(20)16-12-6-11(13(18)19)7-15-8-12/h6-8,10H,2-5,9H2,1H3,(H,16,20)(H,18,19). The number of ether oxygens (including phenoxy) is 1. The van der Waals surface area contributed by atoms with E-state index in [0.717, 1.165) is 26.1 Å². The first-order valence-corrected chi connectivity index (χ1v) is 6.84. The molecular weight excluding hydrogens is 274 g/mol. The molecule has 0 saturated carbocycles. The first-order valence-electron chi connectivity index (χ1n) is 6.84. The molecule has 0 radical (unpaired) electrons. The molecule has 2 rings (SSSR count). The van der Waals surface area contributed by atoms with Gasteiger partial charge in [-0.25, -0.2) is 9.59 Å². The summed E-state index contributed by atoms with van der Waals surface area (Å²) in [4.78, 5) is 28.3. The highest BCUT2D eigenvalue weighted by molar-refractivity contribution is 5.92. The Morgan fingerprint density at radius 1 is 1.43 bits per heavy atom. The van der Waals surface area contributed by atoms with Crippen LogP contribution in [0.25, 0.3) is 0 Å². The second-order valence-corrected chi connectivity index (χ2v) is 5.13. The van der Waals surface area contributed by atoms with E-state index in [4.69, 9.17) is 9.84 Å². The summed E-state index contributed by atoms with van der Waals surface area (Å²) in [5.41, 5.74) is 0.415. The van der Waals surface area contributed by atoms with Crippen LogP contribution >= 0.6 is 0 Å². The molecule has 1 saturated heterocycles. The van der Waals surface area contributed by atoms with Gasteiger partial charge in [-0.05, 0) is 24.8 Å². The molecule has 0 atom stereocenters. The summed E-state index contributed by atoms with van der Waals surface area (Å²) in [6.07, 6.45) is 4.57. The van der Waals surface area contributed by atoms with Crippen molar-refractivity contribution >= 4 is 17.7 Å². The van der Waals surface area contributed by atoms with Crippen molar-refractivity contribution in [2.45, 2.75) is 12.8 Å². The molecular formula is C14H19N3O4. The van der Waals surface area contributed by atoms with Crippen molar-refractivity contribution in [2.75, 3.05) is 32.1 Å². The fraction of sp³-hybridized carbons (Fsp3) is 0.500. The fourth-order valence-corrected chi connectivity index (χ4v) is 2.24. The number of carboxylic acid groups (broad SMARTS) is 1. The van der Waals surface area contributed by atoms with Gasteiger partial charge in [0.15, 0.2) is 0 Å². The minimum Gasteiger partial charge on any atom is -0.478 e. The zero-order chi connectivity index (χ0) is 15.2. The summed E-state index contributed by atoms with van der Waals surface area (Å²) in [5, 5.41) is 11.6. The lowest BCUT2D eigenvalue weighted by molar-refractivity contribution is 0.0592. The predicted octanol–water partition coefficient (Wildman–Crippen LogP) is 1.67. The third-order valence-corrected chi connectivity index (χ3v) is 3.46. The molecule has 0 spiro atoms. The van der Waals surface area contributed by atoms with Gasteiger partial charge in [-0.2, -0.15) is 0 Å². The van der Waals surface area contributed by atoms with Crippen LogP contribution in [0.5, 0.6) is 0 Å². The highest BCUT2D eigenvalue weighted by atomic mass is 16.5. The van der Waals surface area contributed by atoms with Gasteiger partial charge in [-0.1, -0.05) is 0 Å². The van der Waals surface area contributed by atoms with Crippen molar-refractivity contribution in [3.8, 4) is 0 Å². The number of anilines is 1. The Labute approximate surface area is 122 Å². The quantitative estimate of drug-likeness (QED) is 0.881. The van der Waals surface area contributed by atoms with Crippen molar-refractivity contribution in [1.29, 1.82) is 0 Å². The SMILES string of the molecule is CN(CC1CCOCC1)C(=O)Nc1cncc(C(=O)O)c1. The van der Waals surface area contributed by atoms with Gasteiger partial charge in [0.05, 0.1) is 17.4 Å². The lowest BCUT2D eigenvalue weighted by Gasteiger charge is -2.27. The number of nitrogens with one attached hydrogen (secondary N) is 1. The number of carboxylic acids is 1. The van der Waals surface area contributed by atoms with E-state index in [2.05, 4.69) is 10.3 Å². The second kappa shape index (κ2) is 7.03. The molecule has 2 N–H and O–H groups in total. The molecule has 21 heavy (non-hydrogen) atoms. The normalized spacial score (nSPS) is 15.5. The third kappa shape index (κ3) is 4.42. The van der Waals surface area contributed by atoms with Gasteiger partial charge in [-0.15, -0.1) is 0 Å². The van der Waals surface area contributed by atoms with Crippen LogP contribution in [0.1, 0.15) is 23.2 Å². The Morgan fingerprint density at radius 3 is 2.81 bits per heavy atom. The van der Waals surface area contributed by atoms with Gasteiger partial charge >= 0.3 is 12.0 Å². The minimum atomic E-state index is -1.07. The molecule has 2 amide bonds. The van der Waals surface area contributed by atoms with Crippen LogP contribution in [-0.2, 0) is 4.74 Å². The van der Waals surface area contributed by atoms with E-state index in [0.29, 0.717) is 18.2 Å². The van der Waals surface area contributed by atoms with Crippen LogP contribution in [-0.4, -0.2) is 53.8 Å². The van der Waals surface area contributed by atoms with Crippen molar-refractivity contribution < 1.29 is 19.4 Å². The number of rotatable bonds is 4. The van der Waals surface area contributed by atoms with Crippen molar-refractivity contribution in [3.63, 3.8) is 0 Å². The number of carbonyl (C=O) groups excluding carboxylic acids is 1. The molecule has 0 aromatic carbocycles. The summed E-state index contributed by atoms with van der Waals surface area (Å²) < 4.78 is 5.29. The number of pyridine rings is 1. The van der Waals surface area contributed by atoms with Crippen molar-refractivity contribution in [1.82, 2.24) is 9.88 Å². The van der Waals surface area contributed by atoms with Crippen LogP contribution in [0.15, 0.2) is 18.5 Å². The summed E-state index contributed by atoms with van der Waals surface area (Å²) in [6.45, 7) is 2.14. The lowest BCUT2D eigenvalue weighted by Crippen LogP contribution is -2.37. The molecule has 0 unspecified atom stereocenters. The molecule has 1 aromatic heterocycles. The van der Waals surface area contributed by atoms with E-state index in [1.807, 2.05) is 0 Å². The largest absolute Gasteiger partial charge is 0.478 e. The van der Waals surface area contributed by atoms with E-state index in [-0.39, 0.29) is 11.6 Å². The molecule has 0 aliphatic carbocycles. The highest BCUT2D eigenvalue weighted by Crippen LogP contribution is 2.16. The van der Waals surface area contributed by atoms with Crippen LogP contribution in [0, 0.1) is 5.92 Å². The molecule has 1 aromatic rings. The molecule has 0 bridgehead atoms. The Hall–Kier alpha value is -2.15. The number of aromatic carboxylic acids is 1. The monoisotopic (exact) mass is 293 g/mol. The number of hydrogen-bond acceptors (Lipinski definition) is 4. The predicted molar refractivity (Wildman–Crippen MR) is 76.4 cm³/mol. The van der Waals surface area contributed by atoms with Crippen molar-refractivity contribution in [3.05, 3.63) is 24.0 Å². The van der Waals surface area contributed by atoms with Crippen LogP contribution < -0.4 is 5.32 Å². The summed E-state index contributed by atoms with van der Waals surface area (Å²) in [6, 6.07) is 1.11. The molecule has 2 heterocycles. The van der Waals surface area contributed by atoms with Crippen molar-refractivity contribution in [2.24, 2.45) is 5.92 Å². The number of hydrogen-bond donors (Lipinski definition) is 2. The lowest BCUT2D eigenvalue weighted by atomic mass is 10.00. The molecule has 1 aliphatic rings. The third-order valence-electron chi connectivity index (χ3n) is 3.46. The Balaban J connectivity index is 1.90. The van der Waals surface area contributed by atoms with E-state index in [1.165, 1.54) is 18.5 Å². The van der Waals surface area contributed by atoms with E-state index in [1.54, 1.807) is 11.9 Å². The molecule has 7 heteroatoms. The van der Waals surface area contributed by atoms with Gasteiger partial charge in [-0.3, -0.25) is 4.98 Å². The Bertz CT molecular complexity index is 515. The maximum atomic E-state index is 12.1. The maximum Gasteiger partial charge on any atom is 0.337 e. The molecule has 1 fully saturated rings. The summed E-state index contributed by atoms with van der Waals surface area (Å²) >= 11 is 0. The van der Waals surface area contributed by atoms with Gasteiger partial charge in [0, 0.05) is 33.0 Å². The molecule has 114 valence electrons. The zero-order valence-electron chi connectivity index (χ0n) is 11.9. The highest BCUT2D eigenvalue weighted by Gasteiger charge is 2.18.